The van der Waals surface area contributed by atoms with Crippen LogP contribution in [0, 0.1) is 0 Å². The average Bonchev–Trinajstić information content (AvgIpc) is 2.17. The molecule has 0 rings (SSSR count). The highest BCUT2D eigenvalue weighted by Gasteiger charge is 2.15. The Bertz CT molecular complexity index is 359. The molecule has 0 bridgehead atoms. The summed E-state index contributed by atoms with van der Waals surface area (Å²) in [6.45, 7) is 5.97. The molecule has 1 amide bonds. The fourth-order valence-electron chi connectivity index (χ4n) is 1.44. The number of amides is 1. The summed E-state index contributed by atoms with van der Waals surface area (Å²) < 4.78 is 34.5. The fourth-order valence-corrected chi connectivity index (χ4v) is 2.01. The van der Waals surface area contributed by atoms with E-state index in [9.17, 15) is 13.2 Å². The van der Waals surface area contributed by atoms with Crippen molar-refractivity contribution < 1.29 is 22.5 Å². The summed E-state index contributed by atoms with van der Waals surface area (Å²) in [6.07, 6.45) is 3.42. The van der Waals surface area contributed by atoms with E-state index < -0.39 is 21.8 Å². The molecule has 7 heteroatoms. The maximum atomic E-state index is 11.3. The summed E-state index contributed by atoms with van der Waals surface area (Å²) >= 11 is 0. The highest BCUT2D eigenvalue weighted by molar-refractivity contribution is 7.85. The van der Waals surface area contributed by atoms with Gasteiger partial charge in [0, 0.05) is 6.54 Å². The highest BCUT2D eigenvalue weighted by Crippen LogP contribution is 2.07. The second-order valence-electron chi connectivity index (χ2n) is 5.48. The standard InChI is InChI=1S/C12H25NO5S/c1-12(2,3)18-11(14)13-9-7-5-4-6-8-10-19(15,16)17/h4-10H2,1-3H3,(H,13,14)(H,15,16,17). The van der Waals surface area contributed by atoms with Gasteiger partial charge >= 0.3 is 6.09 Å². The van der Waals surface area contributed by atoms with Gasteiger partial charge < -0.3 is 10.1 Å². The number of hydrogen-bond acceptors (Lipinski definition) is 4. The van der Waals surface area contributed by atoms with Gasteiger partial charge in [-0.25, -0.2) is 4.79 Å². The average molecular weight is 295 g/mol. The Hall–Kier alpha value is -0.820. The fraction of sp³-hybridized carbons (Fsp3) is 0.917. The minimum absolute atomic E-state index is 0.177. The molecule has 0 fully saturated rings. The van der Waals surface area contributed by atoms with Gasteiger partial charge in [-0.2, -0.15) is 8.42 Å². The van der Waals surface area contributed by atoms with Crippen molar-refractivity contribution in [1.82, 2.24) is 5.32 Å². The van der Waals surface area contributed by atoms with Crippen LogP contribution in [0.1, 0.15) is 52.9 Å². The van der Waals surface area contributed by atoms with E-state index in [1.807, 2.05) is 20.8 Å². The number of rotatable bonds is 8. The van der Waals surface area contributed by atoms with Gasteiger partial charge in [-0.1, -0.05) is 19.3 Å². The number of nitrogens with one attached hydrogen (secondary N) is 1. The topological polar surface area (TPSA) is 92.7 Å². The number of unbranched alkanes of at least 4 members (excludes halogenated alkanes) is 4. The zero-order chi connectivity index (χ0) is 14.9. The lowest BCUT2D eigenvalue weighted by Crippen LogP contribution is -2.32. The van der Waals surface area contributed by atoms with Crippen molar-refractivity contribution in [2.45, 2.75) is 58.5 Å². The third-order valence-electron chi connectivity index (χ3n) is 2.25. The summed E-state index contributed by atoms with van der Waals surface area (Å²) in [5.41, 5.74) is -0.486. The van der Waals surface area contributed by atoms with Crippen molar-refractivity contribution in [1.29, 1.82) is 0 Å². The zero-order valence-corrected chi connectivity index (χ0v) is 12.8. The molecule has 0 spiro atoms. The molecule has 0 aromatic heterocycles. The van der Waals surface area contributed by atoms with E-state index in [0.29, 0.717) is 13.0 Å². The van der Waals surface area contributed by atoms with Crippen molar-refractivity contribution in [2.75, 3.05) is 12.3 Å². The SMILES string of the molecule is CC(C)(C)OC(=O)NCCCCCCCS(=O)(=O)O. The van der Waals surface area contributed by atoms with Crippen LogP contribution in [0.25, 0.3) is 0 Å². The lowest BCUT2D eigenvalue weighted by atomic mass is 10.1. The molecule has 0 heterocycles. The molecule has 0 aromatic carbocycles. The molecule has 0 unspecified atom stereocenters. The van der Waals surface area contributed by atoms with E-state index >= 15 is 0 Å². The van der Waals surface area contributed by atoms with E-state index in [1.54, 1.807) is 0 Å². The van der Waals surface area contributed by atoms with Crippen molar-refractivity contribution in [3.05, 3.63) is 0 Å². The molecule has 0 saturated carbocycles. The third-order valence-corrected chi connectivity index (χ3v) is 3.05. The molecule has 0 aliphatic carbocycles. The molecule has 0 aliphatic heterocycles. The van der Waals surface area contributed by atoms with Gasteiger partial charge in [0.1, 0.15) is 5.60 Å². The van der Waals surface area contributed by atoms with Crippen molar-refractivity contribution >= 4 is 16.2 Å². The maximum absolute atomic E-state index is 11.3. The van der Waals surface area contributed by atoms with Gasteiger partial charge in [0.05, 0.1) is 5.75 Å². The van der Waals surface area contributed by atoms with Crippen LogP contribution in [0.2, 0.25) is 0 Å². The molecular weight excluding hydrogens is 270 g/mol. The van der Waals surface area contributed by atoms with Gasteiger partial charge in [0.2, 0.25) is 0 Å². The first-order valence-electron chi connectivity index (χ1n) is 6.52. The van der Waals surface area contributed by atoms with Crippen molar-refractivity contribution in [3.8, 4) is 0 Å². The molecule has 0 saturated heterocycles. The van der Waals surface area contributed by atoms with Gasteiger partial charge in [0.15, 0.2) is 0 Å². The first kappa shape index (κ1) is 18.2. The molecular formula is C12H25NO5S. The lowest BCUT2D eigenvalue weighted by Gasteiger charge is -2.19. The molecule has 0 aromatic rings. The second-order valence-corrected chi connectivity index (χ2v) is 7.05. The lowest BCUT2D eigenvalue weighted by molar-refractivity contribution is 0.0527. The molecule has 0 radical (unpaired) electrons. The van der Waals surface area contributed by atoms with E-state index in [1.165, 1.54) is 0 Å². The number of hydrogen-bond donors (Lipinski definition) is 2. The minimum Gasteiger partial charge on any atom is -0.444 e. The number of ether oxygens (including phenoxy) is 1. The van der Waals surface area contributed by atoms with Gasteiger partial charge in [-0.3, -0.25) is 4.55 Å². The maximum Gasteiger partial charge on any atom is 0.407 e. The summed E-state index contributed by atoms with van der Waals surface area (Å²) in [7, 11) is -3.82. The largest absolute Gasteiger partial charge is 0.444 e. The first-order chi connectivity index (χ1) is 8.60. The Morgan fingerprint density at radius 1 is 1.11 bits per heavy atom. The van der Waals surface area contributed by atoms with Crippen molar-refractivity contribution in [2.24, 2.45) is 0 Å². The summed E-state index contributed by atoms with van der Waals surface area (Å²) in [6, 6.07) is 0. The predicted molar refractivity (Wildman–Crippen MR) is 73.7 cm³/mol. The Balaban J connectivity index is 3.39. The van der Waals surface area contributed by atoms with E-state index in [4.69, 9.17) is 9.29 Å². The van der Waals surface area contributed by atoms with Crippen LogP contribution in [0.3, 0.4) is 0 Å². The number of alkyl carbamates (subject to hydrolysis) is 1. The van der Waals surface area contributed by atoms with Crippen LogP contribution in [-0.4, -0.2) is 37.0 Å². The van der Waals surface area contributed by atoms with Crippen molar-refractivity contribution in [3.63, 3.8) is 0 Å². The second kappa shape index (κ2) is 8.37. The molecule has 0 aliphatic rings. The van der Waals surface area contributed by atoms with Crippen LogP contribution < -0.4 is 5.32 Å². The van der Waals surface area contributed by atoms with Crippen LogP contribution >= 0.6 is 0 Å². The quantitative estimate of drug-likeness (QED) is 0.529. The van der Waals surface area contributed by atoms with Gasteiger partial charge in [-0.15, -0.1) is 0 Å². The molecule has 114 valence electrons. The Morgan fingerprint density at radius 2 is 1.63 bits per heavy atom. The van der Waals surface area contributed by atoms with Gasteiger partial charge in [-0.05, 0) is 33.6 Å². The Morgan fingerprint density at radius 3 is 2.16 bits per heavy atom. The van der Waals surface area contributed by atoms with E-state index in [0.717, 1.165) is 25.7 Å². The van der Waals surface area contributed by atoms with Crippen LogP contribution in [0.4, 0.5) is 4.79 Å². The highest BCUT2D eigenvalue weighted by atomic mass is 32.2. The summed E-state index contributed by atoms with van der Waals surface area (Å²) in [5.74, 6) is -0.177. The Kier molecular flexibility index (Phi) is 8.01. The smallest absolute Gasteiger partial charge is 0.407 e. The monoisotopic (exact) mass is 295 g/mol. The van der Waals surface area contributed by atoms with E-state index in [2.05, 4.69) is 5.32 Å². The minimum atomic E-state index is -3.82. The molecule has 0 atom stereocenters. The normalized spacial score (nSPS) is 12.2. The predicted octanol–water partition coefficient (Wildman–Crippen LogP) is 2.35. The van der Waals surface area contributed by atoms with E-state index in [-0.39, 0.29) is 5.75 Å². The third kappa shape index (κ3) is 15.1. The summed E-state index contributed by atoms with van der Waals surface area (Å²) in [5, 5.41) is 2.66. The molecule has 6 nitrogen and oxygen atoms in total. The van der Waals surface area contributed by atoms with Crippen LogP contribution in [-0.2, 0) is 14.9 Å². The Labute approximate surface area is 115 Å². The van der Waals surface area contributed by atoms with Crippen LogP contribution in [0.5, 0.6) is 0 Å². The zero-order valence-electron chi connectivity index (χ0n) is 11.9. The molecule has 2 N–H and O–H groups in total. The number of carbonyl (C=O) groups is 1. The summed E-state index contributed by atoms with van der Waals surface area (Å²) in [4.78, 5) is 11.3. The number of carbonyl (C=O) groups excluding carboxylic acids is 1. The van der Waals surface area contributed by atoms with Crippen LogP contribution in [0.15, 0.2) is 0 Å². The molecule has 19 heavy (non-hydrogen) atoms. The van der Waals surface area contributed by atoms with Gasteiger partial charge in [0.25, 0.3) is 10.1 Å². The first-order valence-corrected chi connectivity index (χ1v) is 8.13.